The Morgan fingerprint density at radius 1 is 1.25 bits per heavy atom. The van der Waals surface area contributed by atoms with Crippen molar-refractivity contribution in [2.45, 2.75) is 25.4 Å². The summed E-state index contributed by atoms with van der Waals surface area (Å²) in [5.41, 5.74) is 0. The van der Waals surface area contributed by atoms with E-state index >= 15 is 0 Å². The number of urea groups is 1. The van der Waals surface area contributed by atoms with Crippen LogP contribution >= 0.6 is 0 Å². The topological polar surface area (TPSA) is 116 Å². The molecule has 20 heavy (non-hydrogen) atoms. The molecular formula is C11H23N3O5S. The van der Waals surface area contributed by atoms with Gasteiger partial charge < -0.3 is 20.6 Å². The second-order valence-electron chi connectivity index (χ2n) is 5.09. The Morgan fingerprint density at radius 2 is 1.80 bits per heavy atom. The molecule has 2 unspecified atom stereocenters. The van der Waals surface area contributed by atoms with E-state index in [1.165, 1.54) is 0 Å². The van der Waals surface area contributed by atoms with E-state index in [2.05, 4.69) is 10.6 Å². The number of likely N-dealkylation sites (N-methyl/N-ethyl adjacent to an activating group) is 1. The predicted molar refractivity (Wildman–Crippen MR) is 75.4 cm³/mol. The summed E-state index contributed by atoms with van der Waals surface area (Å²) >= 11 is 0. The summed E-state index contributed by atoms with van der Waals surface area (Å²) in [4.78, 5) is 24.5. The molecule has 0 fully saturated rings. The van der Waals surface area contributed by atoms with Gasteiger partial charge in [-0.25, -0.2) is 18.0 Å². The molecule has 0 spiro atoms. The number of hydrogen-bond donors (Lipinski definition) is 3. The molecule has 0 saturated carbocycles. The average Bonchev–Trinajstić information content (AvgIpc) is 2.20. The molecule has 8 nitrogen and oxygen atoms in total. The van der Waals surface area contributed by atoms with Gasteiger partial charge in [0.2, 0.25) is 0 Å². The number of carbonyl (C=O) groups excluding carboxylic acids is 1. The number of aliphatic carboxylic acids is 1. The number of amides is 2. The first kappa shape index (κ1) is 18.7. The third-order valence-corrected chi connectivity index (χ3v) is 3.37. The fraction of sp³-hybridized carbons (Fsp3) is 0.818. The summed E-state index contributed by atoms with van der Waals surface area (Å²) < 4.78 is 22.0. The van der Waals surface area contributed by atoms with Crippen LogP contribution in [0.3, 0.4) is 0 Å². The lowest BCUT2D eigenvalue weighted by Crippen LogP contribution is -2.50. The van der Waals surface area contributed by atoms with Crippen LogP contribution in [-0.2, 0) is 14.6 Å². The van der Waals surface area contributed by atoms with Gasteiger partial charge in [-0.15, -0.1) is 0 Å². The van der Waals surface area contributed by atoms with E-state index in [0.29, 0.717) is 6.54 Å². The molecule has 0 aliphatic rings. The Hall–Kier alpha value is -1.35. The van der Waals surface area contributed by atoms with Crippen molar-refractivity contribution in [1.29, 1.82) is 0 Å². The van der Waals surface area contributed by atoms with Gasteiger partial charge in [0.15, 0.2) is 0 Å². The van der Waals surface area contributed by atoms with Crippen LogP contribution in [0.2, 0.25) is 0 Å². The smallest absolute Gasteiger partial charge is 0.326 e. The minimum atomic E-state index is -3.27. The summed E-state index contributed by atoms with van der Waals surface area (Å²) in [7, 11) is 0.430. The van der Waals surface area contributed by atoms with Crippen LogP contribution < -0.4 is 10.6 Å². The number of nitrogens with zero attached hydrogens (tertiary/aromatic N) is 1. The lowest BCUT2D eigenvalue weighted by atomic mass is 10.2. The van der Waals surface area contributed by atoms with Crippen molar-refractivity contribution in [3.05, 3.63) is 0 Å². The molecule has 0 saturated heterocycles. The number of nitrogens with one attached hydrogen (secondary N) is 2. The van der Waals surface area contributed by atoms with E-state index in [0.717, 1.165) is 6.26 Å². The van der Waals surface area contributed by atoms with Crippen molar-refractivity contribution in [2.75, 3.05) is 32.6 Å². The molecule has 0 radical (unpaired) electrons. The van der Waals surface area contributed by atoms with Crippen LogP contribution in [-0.4, -0.2) is 75.2 Å². The number of hydrogen-bond acceptors (Lipinski definition) is 5. The van der Waals surface area contributed by atoms with Gasteiger partial charge in [0.05, 0.1) is 5.75 Å². The monoisotopic (exact) mass is 309 g/mol. The van der Waals surface area contributed by atoms with Crippen molar-refractivity contribution in [1.82, 2.24) is 15.5 Å². The van der Waals surface area contributed by atoms with Crippen LogP contribution in [0.15, 0.2) is 0 Å². The van der Waals surface area contributed by atoms with E-state index < -0.39 is 27.9 Å². The van der Waals surface area contributed by atoms with E-state index in [9.17, 15) is 18.0 Å². The van der Waals surface area contributed by atoms with Gasteiger partial charge in [0, 0.05) is 18.8 Å². The van der Waals surface area contributed by atoms with Crippen LogP contribution in [0.5, 0.6) is 0 Å². The largest absolute Gasteiger partial charge is 0.480 e. The number of carbonyl (C=O) groups is 2. The summed E-state index contributed by atoms with van der Waals surface area (Å²) in [6.45, 7) is 2.39. The molecule has 0 rings (SSSR count). The minimum Gasteiger partial charge on any atom is -0.480 e. The van der Waals surface area contributed by atoms with Crippen LogP contribution in [0.1, 0.15) is 13.3 Å². The van der Waals surface area contributed by atoms with Crippen LogP contribution in [0.4, 0.5) is 4.79 Å². The standard InChI is InChI=1S/C11H23N3O5S/c1-8(7-14(2)3)12-11(17)13-9(10(15)16)5-6-20(4,18)19/h8-9H,5-7H2,1-4H3,(H,15,16)(H2,12,13,17). The molecule has 3 N–H and O–H groups in total. The van der Waals surface area contributed by atoms with Gasteiger partial charge in [0.25, 0.3) is 0 Å². The molecule has 0 aromatic carbocycles. The van der Waals surface area contributed by atoms with Gasteiger partial charge in [0.1, 0.15) is 15.9 Å². The fourth-order valence-electron chi connectivity index (χ4n) is 1.61. The molecule has 0 aromatic rings. The van der Waals surface area contributed by atoms with Gasteiger partial charge in [-0.1, -0.05) is 0 Å². The first-order valence-corrected chi connectivity index (χ1v) is 8.19. The number of sulfone groups is 1. The van der Waals surface area contributed by atoms with Gasteiger partial charge in [-0.2, -0.15) is 0 Å². The molecule has 9 heteroatoms. The van der Waals surface area contributed by atoms with E-state index in [4.69, 9.17) is 5.11 Å². The lowest BCUT2D eigenvalue weighted by molar-refractivity contribution is -0.139. The first-order valence-electron chi connectivity index (χ1n) is 6.13. The molecule has 0 heterocycles. The second kappa shape index (κ2) is 8.05. The highest BCUT2D eigenvalue weighted by Gasteiger charge is 2.22. The maximum Gasteiger partial charge on any atom is 0.326 e. The van der Waals surface area contributed by atoms with Crippen LogP contribution in [0.25, 0.3) is 0 Å². The zero-order valence-electron chi connectivity index (χ0n) is 12.2. The Bertz CT molecular complexity index is 435. The molecule has 2 amide bonds. The summed E-state index contributed by atoms with van der Waals surface area (Å²) in [6, 6.07) is -2.01. The summed E-state index contributed by atoms with van der Waals surface area (Å²) in [6.07, 6.45) is 0.856. The molecule has 118 valence electrons. The number of carboxylic acids is 1. The molecule has 0 aliphatic carbocycles. The number of rotatable bonds is 8. The van der Waals surface area contributed by atoms with Crippen molar-refractivity contribution >= 4 is 21.8 Å². The molecule has 0 aromatic heterocycles. The molecular weight excluding hydrogens is 286 g/mol. The zero-order chi connectivity index (χ0) is 15.9. The van der Waals surface area contributed by atoms with Gasteiger partial charge in [-0.3, -0.25) is 0 Å². The maximum absolute atomic E-state index is 11.6. The first-order chi connectivity index (χ1) is 9.01. The van der Waals surface area contributed by atoms with E-state index in [1.807, 2.05) is 19.0 Å². The van der Waals surface area contributed by atoms with Crippen molar-refractivity contribution in [3.63, 3.8) is 0 Å². The highest BCUT2D eigenvalue weighted by molar-refractivity contribution is 7.90. The van der Waals surface area contributed by atoms with Crippen molar-refractivity contribution in [2.24, 2.45) is 0 Å². The number of carboxylic acid groups (broad SMARTS) is 1. The second-order valence-corrected chi connectivity index (χ2v) is 7.35. The van der Waals surface area contributed by atoms with E-state index in [-0.39, 0.29) is 18.2 Å². The van der Waals surface area contributed by atoms with Gasteiger partial charge >= 0.3 is 12.0 Å². The molecule has 0 aliphatic heterocycles. The van der Waals surface area contributed by atoms with Crippen molar-refractivity contribution < 1.29 is 23.1 Å². The van der Waals surface area contributed by atoms with Gasteiger partial charge in [-0.05, 0) is 27.4 Å². The average molecular weight is 309 g/mol. The fourth-order valence-corrected chi connectivity index (χ4v) is 2.27. The summed E-state index contributed by atoms with van der Waals surface area (Å²) in [5.74, 6) is -1.55. The summed E-state index contributed by atoms with van der Waals surface area (Å²) in [5, 5.41) is 13.8. The third-order valence-electron chi connectivity index (χ3n) is 2.40. The Kier molecular flexibility index (Phi) is 7.51. The highest BCUT2D eigenvalue weighted by Crippen LogP contribution is 1.97. The lowest BCUT2D eigenvalue weighted by Gasteiger charge is -2.20. The quantitative estimate of drug-likeness (QED) is 0.536. The Labute approximate surface area is 119 Å². The van der Waals surface area contributed by atoms with Crippen LogP contribution in [0, 0.1) is 0 Å². The Morgan fingerprint density at radius 3 is 2.20 bits per heavy atom. The third kappa shape index (κ3) is 9.56. The normalized spacial score (nSPS) is 14.7. The van der Waals surface area contributed by atoms with E-state index in [1.54, 1.807) is 6.92 Å². The SMILES string of the molecule is CC(CN(C)C)NC(=O)NC(CCS(C)(=O)=O)C(=O)O. The molecule has 0 bridgehead atoms. The Balaban J connectivity index is 4.38. The zero-order valence-corrected chi connectivity index (χ0v) is 13.0. The maximum atomic E-state index is 11.6. The highest BCUT2D eigenvalue weighted by atomic mass is 32.2. The molecule has 2 atom stereocenters. The minimum absolute atomic E-state index is 0.158. The van der Waals surface area contributed by atoms with Crippen molar-refractivity contribution in [3.8, 4) is 0 Å². The predicted octanol–water partition coefficient (Wildman–Crippen LogP) is -0.876.